The summed E-state index contributed by atoms with van der Waals surface area (Å²) in [5.74, 6) is -1.28. The third-order valence-corrected chi connectivity index (χ3v) is 5.64. The summed E-state index contributed by atoms with van der Waals surface area (Å²) in [5, 5.41) is 15.8. The van der Waals surface area contributed by atoms with Crippen LogP contribution in [0.15, 0.2) is 84.9 Å². The first-order chi connectivity index (χ1) is 19.3. The summed E-state index contributed by atoms with van der Waals surface area (Å²) >= 11 is 0. The number of amides is 3. The second kappa shape index (κ2) is 15.4. The number of nitrogens with one attached hydrogen (secondary N) is 4. The van der Waals surface area contributed by atoms with Crippen molar-refractivity contribution in [3.8, 4) is 0 Å². The molecule has 0 aliphatic heterocycles. The molecule has 0 radical (unpaired) electrons. The number of carbonyl (C=O) groups is 4. The zero-order valence-electron chi connectivity index (χ0n) is 22.1. The van der Waals surface area contributed by atoms with Crippen molar-refractivity contribution in [2.75, 3.05) is 6.54 Å². The van der Waals surface area contributed by atoms with E-state index in [1.54, 1.807) is 6.92 Å². The number of carbonyl (C=O) groups excluding carboxylic acids is 4. The molecule has 0 saturated heterocycles. The first-order valence-corrected chi connectivity index (χ1v) is 12.7. The highest BCUT2D eigenvalue weighted by atomic mass is 16.5. The number of ether oxygens (including phenoxy) is 2. The van der Waals surface area contributed by atoms with Gasteiger partial charge in [-0.3, -0.25) is 25.1 Å². The van der Waals surface area contributed by atoms with Crippen LogP contribution in [0, 0.1) is 5.41 Å². The summed E-state index contributed by atoms with van der Waals surface area (Å²) in [4.78, 5) is 48.6. The highest BCUT2D eigenvalue weighted by molar-refractivity contribution is 6.05. The molecule has 4 N–H and O–H groups in total. The first-order valence-electron chi connectivity index (χ1n) is 12.7. The average Bonchev–Trinajstić information content (AvgIpc) is 2.96. The normalized spacial score (nSPS) is 11.0. The summed E-state index contributed by atoms with van der Waals surface area (Å²) in [6, 6.07) is 24.1. The van der Waals surface area contributed by atoms with Gasteiger partial charge in [-0.1, -0.05) is 72.8 Å². The lowest BCUT2D eigenvalue weighted by molar-refractivity contribution is -0.145. The molecule has 40 heavy (non-hydrogen) atoms. The number of alkyl carbamates (subject to hydrolysis) is 1. The van der Waals surface area contributed by atoms with E-state index in [9.17, 15) is 19.2 Å². The minimum atomic E-state index is -0.757. The van der Waals surface area contributed by atoms with Crippen LogP contribution in [-0.4, -0.2) is 42.3 Å². The standard InChI is InChI=1S/C30H32N4O6/c1-21(18-27(36)39-19-22-8-4-2-5-9-22)33-26(35)16-17-32-29(37)25-14-12-24(13-15-25)28(31)34-30(38)40-20-23-10-6-3-7-11-23/h2-15,21H,16-20H2,1H3,(H,32,37)(H,33,35)(H2,31,34,38)/t21-/m1/s1. The van der Waals surface area contributed by atoms with Crippen molar-refractivity contribution < 1.29 is 28.7 Å². The van der Waals surface area contributed by atoms with Crippen LogP contribution in [0.25, 0.3) is 0 Å². The summed E-state index contributed by atoms with van der Waals surface area (Å²) in [7, 11) is 0. The molecule has 0 fully saturated rings. The van der Waals surface area contributed by atoms with Gasteiger partial charge in [-0.25, -0.2) is 4.79 Å². The van der Waals surface area contributed by atoms with Gasteiger partial charge in [0.05, 0.1) is 6.42 Å². The third kappa shape index (κ3) is 10.4. The third-order valence-electron chi connectivity index (χ3n) is 5.64. The predicted octanol–water partition coefficient (Wildman–Crippen LogP) is 3.70. The molecule has 3 aromatic rings. The molecular weight excluding hydrogens is 512 g/mol. The van der Waals surface area contributed by atoms with Crippen molar-refractivity contribution in [2.45, 2.75) is 39.0 Å². The molecule has 3 rings (SSSR count). The largest absolute Gasteiger partial charge is 0.461 e. The van der Waals surface area contributed by atoms with Crippen LogP contribution in [0.3, 0.4) is 0 Å². The minimum Gasteiger partial charge on any atom is -0.461 e. The fraction of sp³-hybridized carbons (Fsp3) is 0.233. The van der Waals surface area contributed by atoms with E-state index >= 15 is 0 Å². The topological polar surface area (TPSA) is 147 Å². The number of hydrogen-bond donors (Lipinski definition) is 4. The van der Waals surface area contributed by atoms with Gasteiger partial charge in [-0.2, -0.15) is 0 Å². The van der Waals surface area contributed by atoms with Crippen molar-refractivity contribution in [1.82, 2.24) is 16.0 Å². The Morgan fingerprint density at radius 1 is 0.775 bits per heavy atom. The van der Waals surface area contributed by atoms with E-state index in [4.69, 9.17) is 14.9 Å². The molecule has 0 aliphatic carbocycles. The maximum absolute atomic E-state index is 12.4. The highest BCUT2D eigenvalue weighted by Crippen LogP contribution is 2.06. The van der Waals surface area contributed by atoms with Crippen molar-refractivity contribution in [3.63, 3.8) is 0 Å². The Morgan fingerprint density at radius 3 is 1.93 bits per heavy atom. The Morgan fingerprint density at radius 2 is 1.32 bits per heavy atom. The lowest BCUT2D eigenvalue weighted by Crippen LogP contribution is -2.37. The van der Waals surface area contributed by atoms with Gasteiger partial charge in [0.2, 0.25) is 5.91 Å². The van der Waals surface area contributed by atoms with Crippen molar-refractivity contribution in [3.05, 3.63) is 107 Å². The Labute approximate surface area is 232 Å². The monoisotopic (exact) mass is 544 g/mol. The SMILES string of the molecule is C[C@H](CC(=O)OCc1ccccc1)NC(=O)CCNC(=O)c1ccc(C(=N)NC(=O)OCc2ccccc2)cc1. The lowest BCUT2D eigenvalue weighted by Gasteiger charge is -2.14. The predicted molar refractivity (Wildman–Crippen MR) is 148 cm³/mol. The number of amidine groups is 1. The number of esters is 1. The molecule has 0 spiro atoms. The molecular formula is C30H32N4O6. The van der Waals surface area contributed by atoms with Crippen LogP contribution in [0.1, 0.15) is 46.8 Å². The molecule has 10 heteroatoms. The van der Waals surface area contributed by atoms with Crippen molar-refractivity contribution >= 4 is 29.7 Å². The molecule has 10 nitrogen and oxygen atoms in total. The molecule has 208 valence electrons. The van der Waals surface area contributed by atoms with Crippen LogP contribution in [0.5, 0.6) is 0 Å². The van der Waals surface area contributed by atoms with Crippen LogP contribution in [0.2, 0.25) is 0 Å². The Bertz CT molecular complexity index is 1300. The fourth-order valence-corrected chi connectivity index (χ4v) is 3.56. The summed E-state index contributed by atoms with van der Waals surface area (Å²) in [6.45, 7) is 2.06. The zero-order chi connectivity index (χ0) is 28.7. The van der Waals surface area contributed by atoms with Gasteiger partial charge in [-0.15, -0.1) is 0 Å². The lowest BCUT2D eigenvalue weighted by atomic mass is 10.1. The van der Waals surface area contributed by atoms with Gasteiger partial charge in [0.15, 0.2) is 0 Å². The number of hydrogen-bond acceptors (Lipinski definition) is 7. The molecule has 1 atom stereocenters. The van der Waals surface area contributed by atoms with Gasteiger partial charge < -0.3 is 20.1 Å². The minimum absolute atomic E-state index is 0.0336. The maximum Gasteiger partial charge on any atom is 0.413 e. The molecule has 0 aliphatic rings. The van der Waals surface area contributed by atoms with Gasteiger partial charge in [-0.05, 0) is 30.2 Å². The average molecular weight is 545 g/mol. The van der Waals surface area contributed by atoms with Gasteiger partial charge in [0, 0.05) is 30.1 Å². The van der Waals surface area contributed by atoms with Gasteiger partial charge in [0.1, 0.15) is 19.0 Å². The van der Waals surface area contributed by atoms with E-state index in [0.29, 0.717) is 11.1 Å². The van der Waals surface area contributed by atoms with E-state index in [2.05, 4.69) is 16.0 Å². The Hall–Kier alpha value is -4.99. The molecule has 0 heterocycles. The van der Waals surface area contributed by atoms with E-state index in [1.807, 2.05) is 60.7 Å². The molecule has 0 bridgehead atoms. The highest BCUT2D eigenvalue weighted by Gasteiger charge is 2.14. The summed E-state index contributed by atoms with van der Waals surface area (Å²) < 4.78 is 10.3. The Kier molecular flexibility index (Phi) is 11.4. The molecule has 0 aromatic heterocycles. The molecule has 3 aromatic carbocycles. The second-order valence-corrected chi connectivity index (χ2v) is 8.96. The number of benzene rings is 3. The summed E-state index contributed by atoms with van der Waals surface area (Å²) in [5.41, 5.74) is 2.43. The van der Waals surface area contributed by atoms with Crippen LogP contribution in [-0.2, 0) is 32.3 Å². The Balaban J connectivity index is 1.32. The zero-order valence-corrected chi connectivity index (χ0v) is 22.1. The van der Waals surface area contributed by atoms with Crippen LogP contribution in [0.4, 0.5) is 4.79 Å². The maximum atomic E-state index is 12.4. The summed E-state index contributed by atoms with van der Waals surface area (Å²) in [6.07, 6.45) is -0.689. The van der Waals surface area contributed by atoms with Gasteiger partial charge >= 0.3 is 12.1 Å². The molecule has 0 unspecified atom stereocenters. The quantitative estimate of drug-likeness (QED) is 0.155. The molecule has 0 saturated carbocycles. The van der Waals surface area contributed by atoms with E-state index in [1.165, 1.54) is 24.3 Å². The van der Waals surface area contributed by atoms with Crippen LogP contribution >= 0.6 is 0 Å². The first kappa shape index (κ1) is 29.6. The second-order valence-electron chi connectivity index (χ2n) is 8.96. The van der Waals surface area contributed by atoms with Gasteiger partial charge in [0.25, 0.3) is 5.91 Å². The van der Waals surface area contributed by atoms with Crippen molar-refractivity contribution in [2.24, 2.45) is 0 Å². The van der Waals surface area contributed by atoms with Crippen molar-refractivity contribution in [1.29, 1.82) is 5.41 Å². The van der Waals surface area contributed by atoms with E-state index < -0.39 is 24.0 Å². The molecule has 3 amide bonds. The smallest absolute Gasteiger partial charge is 0.413 e. The van der Waals surface area contributed by atoms with E-state index in [0.717, 1.165) is 11.1 Å². The van der Waals surface area contributed by atoms with Crippen LogP contribution < -0.4 is 16.0 Å². The fourth-order valence-electron chi connectivity index (χ4n) is 3.56. The number of rotatable bonds is 12. The van der Waals surface area contributed by atoms with E-state index in [-0.39, 0.29) is 44.3 Å².